The molecule has 0 heterocycles. The number of methoxy groups -OCH3 is 2. The Hall–Kier alpha value is -0.580. The van der Waals surface area contributed by atoms with Crippen molar-refractivity contribution in [3.63, 3.8) is 0 Å². The monoisotopic (exact) mass is 341 g/mol. The van der Waals surface area contributed by atoms with Crippen molar-refractivity contribution in [1.29, 1.82) is 0 Å². The smallest absolute Gasteiger partial charge is 0.119 e. The van der Waals surface area contributed by atoms with E-state index in [1.165, 1.54) is 18.4 Å². The Morgan fingerprint density at radius 3 is 2.65 bits per heavy atom. The molecule has 112 valence electrons. The zero-order valence-electron chi connectivity index (χ0n) is 12.5. The number of halogens is 1. The minimum Gasteiger partial charge on any atom is -0.497 e. The Balaban J connectivity index is 2.14. The van der Waals surface area contributed by atoms with Gasteiger partial charge in [-0.1, -0.05) is 22.9 Å². The third-order valence-corrected chi connectivity index (χ3v) is 4.69. The first kappa shape index (κ1) is 15.8. The normalized spacial score (nSPS) is 17.8. The first-order chi connectivity index (χ1) is 9.69. The second kappa shape index (κ2) is 7.43. The van der Waals surface area contributed by atoms with Gasteiger partial charge in [-0.25, -0.2) is 0 Å². The zero-order valence-corrected chi connectivity index (χ0v) is 14.1. The van der Waals surface area contributed by atoms with E-state index in [-0.39, 0.29) is 0 Å². The summed E-state index contributed by atoms with van der Waals surface area (Å²) in [6.07, 6.45) is 3.83. The van der Waals surface area contributed by atoms with Crippen LogP contribution in [0, 0.1) is 5.92 Å². The Bertz CT molecular complexity index is 434. The molecule has 0 aromatic heterocycles. The Morgan fingerprint density at radius 1 is 1.35 bits per heavy atom. The van der Waals surface area contributed by atoms with Crippen molar-refractivity contribution in [2.24, 2.45) is 5.92 Å². The van der Waals surface area contributed by atoms with Crippen LogP contribution in [0.25, 0.3) is 0 Å². The van der Waals surface area contributed by atoms with E-state index < -0.39 is 0 Å². The predicted octanol–water partition coefficient (Wildman–Crippen LogP) is 3.40. The average Bonchev–Trinajstić information content (AvgIpc) is 3.27. The Kier molecular flexibility index (Phi) is 5.87. The van der Waals surface area contributed by atoms with Crippen LogP contribution in [0.4, 0.5) is 0 Å². The van der Waals surface area contributed by atoms with Crippen LogP contribution in [0.5, 0.6) is 5.75 Å². The van der Waals surface area contributed by atoms with E-state index in [1.54, 1.807) is 7.11 Å². The fourth-order valence-electron chi connectivity index (χ4n) is 2.75. The molecule has 4 heteroatoms. The van der Waals surface area contributed by atoms with E-state index in [0.717, 1.165) is 23.2 Å². The SMILES string of the molecule is CCNC(Cc1cc(OC)ccc1Br)C(OC)C1CC1. The van der Waals surface area contributed by atoms with Crippen molar-refractivity contribution in [3.8, 4) is 5.75 Å². The van der Waals surface area contributed by atoms with Crippen LogP contribution in [0.15, 0.2) is 22.7 Å². The maximum atomic E-state index is 5.75. The molecule has 1 aromatic carbocycles. The van der Waals surface area contributed by atoms with Crippen molar-refractivity contribution < 1.29 is 9.47 Å². The topological polar surface area (TPSA) is 30.5 Å². The third-order valence-electron chi connectivity index (χ3n) is 3.91. The number of nitrogens with one attached hydrogen (secondary N) is 1. The molecule has 0 aliphatic heterocycles. The summed E-state index contributed by atoms with van der Waals surface area (Å²) in [7, 11) is 3.53. The van der Waals surface area contributed by atoms with Crippen molar-refractivity contribution in [2.75, 3.05) is 20.8 Å². The third kappa shape index (κ3) is 3.96. The van der Waals surface area contributed by atoms with Gasteiger partial charge in [-0.15, -0.1) is 0 Å². The minimum absolute atomic E-state index is 0.299. The van der Waals surface area contributed by atoms with Gasteiger partial charge in [-0.05, 0) is 55.5 Å². The van der Waals surface area contributed by atoms with E-state index >= 15 is 0 Å². The molecular formula is C16H24BrNO2. The van der Waals surface area contributed by atoms with Crippen LogP contribution in [0.2, 0.25) is 0 Å². The number of rotatable bonds is 8. The van der Waals surface area contributed by atoms with Crippen molar-refractivity contribution in [1.82, 2.24) is 5.32 Å². The molecule has 1 saturated carbocycles. The van der Waals surface area contributed by atoms with Gasteiger partial charge in [0.2, 0.25) is 0 Å². The molecule has 1 aromatic rings. The molecule has 1 fully saturated rings. The van der Waals surface area contributed by atoms with Gasteiger partial charge in [-0.2, -0.15) is 0 Å². The van der Waals surface area contributed by atoms with Crippen molar-refractivity contribution in [3.05, 3.63) is 28.2 Å². The summed E-state index contributed by atoms with van der Waals surface area (Å²) in [6, 6.07) is 6.48. The van der Waals surface area contributed by atoms with Crippen molar-refractivity contribution in [2.45, 2.75) is 38.3 Å². The summed E-state index contributed by atoms with van der Waals surface area (Å²) in [6.45, 7) is 3.10. The lowest BCUT2D eigenvalue weighted by Crippen LogP contribution is -2.43. The molecular weight excluding hydrogens is 318 g/mol. The van der Waals surface area contributed by atoms with Gasteiger partial charge in [0, 0.05) is 17.6 Å². The summed E-state index contributed by atoms with van der Waals surface area (Å²) < 4.78 is 12.2. The number of hydrogen-bond donors (Lipinski definition) is 1. The first-order valence-electron chi connectivity index (χ1n) is 7.28. The number of likely N-dealkylation sites (N-methyl/N-ethyl adjacent to an activating group) is 1. The summed E-state index contributed by atoms with van der Waals surface area (Å²) in [4.78, 5) is 0. The minimum atomic E-state index is 0.299. The second-order valence-electron chi connectivity index (χ2n) is 5.36. The van der Waals surface area contributed by atoms with Gasteiger partial charge in [0.15, 0.2) is 0 Å². The molecule has 0 amide bonds. The van der Waals surface area contributed by atoms with E-state index in [0.29, 0.717) is 18.1 Å². The lowest BCUT2D eigenvalue weighted by Gasteiger charge is -2.27. The van der Waals surface area contributed by atoms with E-state index in [2.05, 4.69) is 40.3 Å². The highest BCUT2D eigenvalue weighted by molar-refractivity contribution is 9.10. The molecule has 1 aliphatic rings. The summed E-state index contributed by atoms with van der Waals surface area (Å²) in [5.74, 6) is 1.62. The lowest BCUT2D eigenvalue weighted by atomic mass is 9.98. The highest BCUT2D eigenvalue weighted by Gasteiger charge is 2.36. The van der Waals surface area contributed by atoms with Crippen LogP contribution >= 0.6 is 15.9 Å². The zero-order chi connectivity index (χ0) is 14.5. The molecule has 0 saturated heterocycles. The maximum Gasteiger partial charge on any atom is 0.119 e. The molecule has 3 nitrogen and oxygen atoms in total. The van der Waals surface area contributed by atoms with Gasteiger partial charge < -0.3 is 14.8 Å². The van der Waals surface area contributed by atoms with Crippen LogP contribution < -0.4 is 10.1 Å². The molecule has 1 N–H and O–H groups in total. The summed E-state index contributed by atoms with van der Waals surface area (Å²) >= 11 is 3.64. The van der Waals surface area contributed by atoms with Crippen LogP contribution in [0.1, 0.15) is 25.3 Å². The van der Waals surface area contributed by atoms with Gasteiger partial charge in [0.1, 0.15) is 5.75 Å². The molecule has 0 bridgehead atoms. The number of hydrogen-bond acceptors (Lipinski definition) is 3. The van der Waals surface area contributed by atoms with Gasteiger partial charge in [0.25, 0.3) is 0 Å². The average molecular weight is 342 g/mol. The predicted molar refractivity (Wildman–Crippen MR) is 85.4 cm³/mol. The second-order valence-corrected chi connectivity index (χ2v) is 6.22. The molecule has 2 unspecified atom stereocenters. The quantitative estimate of drug-likeness (QED) is 0.785. The molecule has 1 aliphatic carbocycles. The molecule has 2 rings (SSSR count). The maximum absolute atomic E-state index is 5.75. The van der Waals surface area contributed by atoms with E-state index in [1.807, 2.05) is 13.2 Å². The van der Waals surface area contributed by atoms with Crippen LogP contribution in [0.3, 0.4) is 0 Å². The fraction of sp³-hybridized carbons (Fsp3) is 0.625. The fourth-order valence-corrected chi connectivity index (χ4v) is 3.16. The van der Waals surface area contributed by atoms with Gasteiger partial charge >= 0.3 is 0 Å². The molecule has 2 atom stereocenters. The molecule has 0 radical (unpaired) electrons. The summed E-state index contributed by atoms with van der Waals surface area (Å²) in [5, 5.41) is 3.58. The van der Waals surface area contributed by atoms with Crippen LogP contribution in [-0.4, -0.2) is 32.9 Å². The van der Waals surface area contributed by atoms with Crippen LogP contribution in [-0.2, 0) is 11.2 Å². The van der Waals surface area contributed by atoms with Gasteiger partial charge in [-0.3, -0.25) is 0 Å². The molecule has 0 spiro atoms. The summed E-state index contributed by atoms with van der Waals surface area (Å²) in [5.41, 5.74) is 1.26. The highest BCUT2D eigenvalue weighted by atomic mass is 79.9. The Morgan fingerprint density at radius 2 is 2.10 bits per heavy atom. The number of benzene rings is 1. The van der Waals surface area contributed by atoms with E-state index in [4.69, 9.17) is 9.47 Å². The lowest BCUT2D eigenvalue weighted by molar-refractivity contribution is 0.0515. The standard InChI is InChI=1S/C16H24BrNO2/c1-4-18-15(16(20-3)11-5-6-11)10-12-9-13(19-2)7-8-14(12)17/h7-9,11,15-16,18H,4-6,10H2,1-3H3. The number of ether oxygens (including phenoxy) is 2. The largest absolute Gasteiger partial charge is 0.497 e. The Labute approximate surface area is 130 Å². The highest BCUT2D eigenvalue weighted by Crippen LogP contribution is 2.36. The van der Waals surface area contributed by atoms with E-state index in [9.17, 15) is 0 Å². The molecule has 20 heavy (non-hydrogen) atoms. The van der Waals surface area contributed by atoms with Gasteiger partial charge in [0.05, 0.1) is 13.2 Å². The first-order valence-corrected chi connectivity index (χ1v) is 8.07. The van der Waals surface area contributed by atoms with Crippen molar-refractivity contribution >= 4 is 15.9 Å².